The molecule has 0 spiro atoms. The Kier molecular flexibility index (Phi) is 4.65. The van der Waals surface area contributed by atoms with Crippen molar-refractivity contribution in [2.24, 2.45) is 0 Å². The molecule has 1 aromatic carbocycles. The number of methoxy groups -OCH3 is 1. The lowest BCUT2D eigenvalue weighted by molar-refractivity contribution is -0.135. The standard InChI is InChI=1S/C18H23N3O4/c1-18(12-7-9-14(25-2)10-8-12)16(23)21(17(24)20-18)11-15(22)19-13-5-3-4-6-13/h7-10,13H,3-6,11H2,1-2H3,(H,19,22)(H,20,24)/t18-/m0/s1. The zero-order valence-electron chi connectivity index (χ0n) is 14.5. The SMILES string of the molecule is COc1ccc([C@]2(C)NC(=O)N(CC(=O)NC3CCCC3)C2=O)cc1. The molecule has 0 aromatic heterocycles. The summed E-state index contributed by atoms with van der Waals surface area (Å²) in [5.74, 6) is -0.0597. The van der Waals surface area contributed by atoms with Crippen LogP contribution in [0.25, 0.3) is 0 Å². The summed E-state index contributed by atoms with van der Waals surface area (Å²) in [5, 5.41) is 5.60. The Balaban J connectivity index is 1.71. The van der Waals surface area contributed by atoms with Gasteiger partial charge in [-0.3, -0.25) is 14.5 Å². The van der Waals surface area contributed by atoms with Crippen molar-refractivity contribution in [2.45, 2.75) is 44.2 Å². The van der Waals surface area contributed by atoms with Gasteiger partial charge in [0.1, 0.15) is 17.8 Å². The molecular formula is C18H23N3O4. The maximum absolute atomic E-state index is 12.8. The van der Waals surface area contributed by atoms with Gasteiger partial charge in [0.05, 0.1) is 7.11 Å². The molecule has 4 amide bonds. The first-order chi connectivity index (χ1) is 11.9. The summed E-state index contributed by atoms with van der Waals surface area (Å²) in [7, 11) is 1.56. The van der Waals surface area contributed by atoms with Crippen molar-refractivity contribution >= 4 is 17.8 Å². The number of hydrogen-bond donors (Lipinski definition) is 2. The highest BCUT2D eigenvalue weighted by Crippen LogP contribution is 2.30. The van der Waals surface area contributed by atoms with E-state index in [1.807, 2.05) is 0 Å². The molecule has 25 heavy (non-hydrogen) atoms. The molecule has 1 saturated carbocycles. The van der Waals surface area contributed by atoms with Gasteiger partial charge in [-0.25, -0.2) is 4.79 Å². The number of carbonyl (C=O) groups is 3. The normalized spacial score (nSPS) is 23.7. The van der Waals surface area contributed by atoms with Crippen molar-refractivity contribution in [3.8, 4) is 5.75 Å². The number of carbonyl (C=O) groups excluding carboxylic acids is 3. The zero-order valence-corrected chi connectivity index (χ0v) is 14.5. The number of amides is 4. The molecular weight excluding hydrogens is 322 g/mol. The molecule has 1 atom stereocenters. The fourth-order valence-electron chi connectivity index (χ4n) is 3.45. The van der Waals surface area contributed by atoms with Gasteiger partial charge in [0.15, 0.2) is 0 Å². The molecule has 1 aliphatic heterocycles. The van der Waals surface area contributed by atoms with E-state index in [2.05, 4.69) is 10.6 Å². The van der Waals surface area contributed by atoms with Crippen LogP contribution in [0.3, 0.4) is 0 Å². The van der Waals surface area contributed by atoms with Gasteiger partial charge in [0.2, 0.25) is 5.91 Å². The molecule has 0 bridgehead atoms. The van der Waals surface area contributed by atoms with Crippen molar-refractivity contribution in [3.63, 3.8) is 0 Å². The highest BCUT2D eigenvalue weighted by atomic mass is 16.5. The van der Waals surface area contributed by atoms with E-state index in [9.17, 15) is 14.4 Å². The van der Waals surface area contributed by atoms with E-state index in [4.69, 9.17) is 4.74 Å². The van der Waals surface area contributed by atoms with E-state index in [1.165, 1.54) is 0 Å². The van der Waals surface area contributed by atoms with Gasteiger partial charge in [0, 0.05) is 6.04 Å². The molecule has 1 saturated heterocycles. The van der Waals surface area contributed by atoms with Gasteiger partial charge in [0.25, 0.3) is 5.91 Å². The molecule has 2 aliphatic rings. The van der Waals surface area contributed by atoms with E-state index >= 15 is 0 Å². The molecule has 2 N–H and O–H groups in total. The van der Waals surface area contributed by atoms with Crippen molar-refractivity contribution < 1.29 is 19.1 Å². The summed E-state index contributed by atoms with van der Waals surface area (Å²) in [5.41, 5.74) is -0.540. The van der Waals surface area contributed by atoms with Crippen LogP contribution in [0.5, 0.6) is 5.75 Å². The average Bonchev–Trinajstić information content (AvgIpc) is 3.18. The second-order valence-corrected chi connectivity index (χ2v) is 6.72. The fourth-order valence-corrected chi connectivity index (χ4v) is 3.45. The van der Waals surface area contributed by atoms with Crippen LogP contribution < -0.4 is 15.4 Å². The van der Waals surface area contributed by atoms with E-state index < -0.39 is 17.5 Å². The van der Waals surface area contributed by atoms with Crippen LogP contribution in [0.15, 0.2) is 24.3 Å². The minimum Gasteiger partial charge on any atom is -0.497 e. The van der Waals surface area contributed by atoms with Gasteiger partial charge in [-0.1, -0.05) is 25.0 Å². The smallest absolute Gasteiger partial charge is 0.325 e. The van der Waals surface area contributed by atoms with Gasteiger partial charge >= 0.3 is 6.03 Å². The monoisotopic (exact) mass is 345 g/mol. The predicted octanol–water partition coefficient (Wildman–Crippen LogP) is 1.52. The molecule has 1 aromatic rings. The third kappa shape index (κ3) is 3.31. The number of benzene rings is 1. The van der Waals surface area contributed by atoms with Crippen molar-refractivity contribution in [3.05, 3.63) is 29.8 Å². The second kappa shape index (κ2) is 6.74. The molecule has 2 fully saturated rings. The summed E-state index contributed by atoms with van der Waals surface area (Å²) >= 11 is 0. The minimum atomic E-state index is -1.18. The molecule has 0 unspecified atom stereocenters. The van der Waals surface area contributed by atoms with Crippen LogP contribution >= 0.6 is 0 Å². The minimum absolute atomic E-state index is 0.154. The molecule has 7 nitrogen and oxygen atoms in total. The number of nitrogens with zero attached hydrogens (tertiary/aromatic N) is 1. The maximum Gasteiger partial charge on any atom is 0.325 e. The summed E-state index contributed by atoms with van der Waals surface area (Å²) in [6, 6.07) is 6.54. The molecule has 1 aliphatic carbocycles. The Morgan fingerprint density at radius 1 is 1.28 bits per heavy atom. The zero-order chi connectivity index (χ0) is 18.0. The van der Waals surface area contributed by atoms with Crippen LogP contribution in [0.1, 0.15) is 38.2 Å². The predicted molar refractivity (Wildman–Crippen MR) is 91.0 cm³/mol. The summed E-state index contributed by atoms with van der Waals surface area (Å²) in [6.07, 6.45) is 4.11. The van der Waals surface area contributed by atoms with Crippen LogP contribution in [0, 0.1) is 0 Å². The van der Waals surface area contributed by atoms with E-state index in [0.717, 1.165) is 30.6 Å². The fraction of sp³-hybridized carbons (Fsp3) is 0.500. The van der Waals surface area contributed by atoms with Crippen molar-refractivity contribution in [1.29, 1.82) is 0 Å². The average molecular weight is 345 g/mol. The topological polar surface area (TPSA) is 87.7 Å². The Bertz CT molecular complexity index is 682. The van der Waals surface area contributed by atoms with Crippen molar-refractivity contribution in [1.82, 2.24) is 15.5 Å². The third-order valence-corrected chi connectivity index (χ3v) is 4.96. The number of nitrogens with one attached hydrogen (secondary N) is 2. The van der Waals surface area contributed by atoms with E-state index in [1.54, 1.807) is 38.3 Å². The number of rotatable bonds is 5. The Morgan fingerprint density at radius 3 is 2.52 bits per heavy atom. The lowest BCUT2D eigenvalue weighted by Crippen LogP contribution is -2.45. The first-order valence-electron chi connectivity index (χ1n) is 8.52. The lowest BCUT2D eigenvalue weighted by atomic mass is 9.92. The Hall–Kier alpha value is -2.57. The molecule has 0 radical (unpaired) electrons. The first-order valence-corrected chi connectivity index (χ1v) is 8.52. The second-order valence-electron chi connectivity index (χ2n) is 6.72. The van der Waals surface area contributed by atoms with Crippen LogP contribution in [0.4, 0.5) is 4.79 Å². The van der Waals surface area contributed by atoms with E-state index in [0.29, 0.717) is 11.3 Å². The lowest BCUT2D eigenvalue weighted by Gasteiger charge is -2.22. The Labute approximate surface area is 146 Å². The highest BCUT2D eigenvalue weighted by molar-refractivity contribution is 6.09. The van der Waals surface area contributed by atoms with Crippen LogP contribution in [-0.4, -0.2) is 42.4 Å². The quantitative estimate of drug-likeness (QED) is 0.792. The molecule has 7 heteroatoms. The highest BCUT2D eigenvalue weighted by Gasteiger charge is 2.49. The summed E-state index contributed by atoms with van der Waals surface area (Å²) in [4.78, 5) is 38.2. The van der Waals surface area contributed by atoms with Crippen LogP contribution in [-0.2, 0) is 15.1 Å². The summed E-state index contributed by atoms with van der Waals surface area (Å²) in [6.45, 7) is 1.39. The largest absolute Gasteiger partial charge is 0.497 e. The van der Waals surface area contributed by atoms with Gasteiger partial charge < -0.3 is 15.4 Å². The number of ether oxygens (including phenoxy) is 1. The van der Waals surface area contributed by atoms with Gasteiger partial charge in [-0.05, 0) is 37.5 Å². The van der Waals surface area contributed by atoms with Crippen molar-refractivity contribution in [2.75, 3.05) is 13.7 Å². The number of hydrogen-bond acceptors (Lipinski definition) is 4. The summed E-state index contributed by atoms with van der Waals surface area (Å²) < 4.78 is 5.11. The first kappa shape index (κ1) is 17.3. The molecule has 134 valence electrons. The third-order valence-electron chi connectivity index (χ3n) is 4.96. The van der Waals surface area contributed by atoms with Crippen LogP contribution in [0.2, 0.25) is 0 Å². The maximum atomic E-state index is 12.8. The number of urea groups is 1. The Morgan fingerprint density at radius 2 is 1.92 bits per heavy atom. The van der Waals surface area contributed by atoms with Gasteiger partial charge in [-0.15, -0.1) is 0 Å². The number of imide groups is 1. The van der Waals surface area contributed by atoms with Gasteiger partial charge in [-0.2, -0.15) is 0 Å². The molecule has 3 rings (SSSR count). The molecule has 1 heterocycles. The van der Waals surface area contributed by atoms with E-state index in [-0.39, 0.29) is 18.5 Å².